The second kappa shape index (κ2) is 8.60. The minimum absolute atomic E-state index is 0.0257. The number of alkyl carbamates (subject to hydrolysis) is 1. The van der Waals surface area contributed by atoms with Gasteiger partial charge in [0.25, 0.3) is 0 Å². The zero-order valence-electron chi connectivity index (χ0n) is 16.1. The van der Waals surface area contributed by atoms with E-state index in [1.54, 1.807) is 12.2 Å². The molecule has 1 aliphatic carbocycles. The number of imidazole rings is 1. The van der Waals surface area contributed by atoms with Crippen molar-refractivity contribution < 1.29 is 14.5 Å². The molecule has 0 aliphatic heterocycles. The minimum atomic E-state index is -0.539. The van der Waals surface area contributed by atoms with Gasteiger partial charge in [0.05, 0.1) is 0 Å². The number of ether oxygens (including phenoxy) is 1. The number of nitro groups is 1. The molecule has 1 aliphatic rings. The Morgan fingerprint density at radius 3 is 2.47 bits per heavy atom. The fourth-order valence-corrected chi connectivity index (χ4v) is 3.61. The van der Waals surface area contributed by atoms with E-state index >= 15 is 0 Å². The molecule has 0 bridgehead atoms. The van der Waals surface area contributed by atoms with Crippen LogP contribution in [0.1, 0.15) is 29.3 Å². The molecule has 0 saturated carbocycles. The number of nitrogens with zero attached hydrogens (tertiary/aromatic N) is 2. The van der Waals surface area contributed by atoms with Gasteiger partial charge >= 0.3 is 11.9 Å². The molecule has 0 unspecified atom stereocenters. The molecule has 1 heterocycles. The second-order valence-corrected chi connectivity index (χ2v) is 6.85. The number of carbonyl (C=O) groups is 1. The van der Waals surface area contributed by atoms with Crippen LogP contribution in [0.4, 0.5) is 10.6 Å². The number of benzene rings is 2. The summed E-state index contributed by atoms with van der Waals surface area (Å²) in [7, 11) is 0. The van der Waals surface area contributed by atoms with Crippen molar-refractivity contribution in [1.82, 2.24) is 15.3 Å². The Labute approximate surface area is 172 Å². The Kier molecular flexibility index (Phi) is 5.56. The molecule has 8 heteroatoms. The van der Waals surface area contributed by atoms with Gasteiger partial charge in [0.15, 0.2) is 0 Å². The zero-order valence-corrected chi connectivity index (χ0v) is 16.1. The first-order chi connectivity index (χ1) is 14.6. The molecule has 0 radical (unpaired) electrons. The highest BCUT2D eigenvalue weighted by atomic mass is 16.6. The van der Waals surface area contributed by atoms with Crippen molar-refractivity contribution in [3.05, 3.63) is 87.9 Å². The fraction of sp³-hybridized carbons (Fsp3) is 0.182. The molecule has 4 rings (SSSR count). The van der Waals surface area contributed by atoms with E-state index in [2.05, 4.69) is 39.6 Å². The molecule has 2 N–H and O–H groups in total. The van der Waals surface area contributed by atoms with Gasteiger partial charge in [-0.2, -0.15) is 0 Å². The third-order valence-corrected chi connectivity index (χ3v) is 4.98. The zero-order chi connectivity index (χ0) is 20.9. The molecule has 1 aromatic heterocycles. The van der Waals surface area contributed by atoms with Crippen LogP contribution in [0.25, 0.3) is 17.2 Å². The lowest BCUT2D eigenvalue weighted by Crippen LogP contribution is -2.26. The Hall–Kier alpha value is -3.94. The average molecular weight is 404 g/mol. The molecule has 0 spiro atoms. The number of amides is 1. The monoisotopic (exact) mass is 404 g/mol. The van der Waals surface area contributed by atoms with Crippen molar-refractivity contribution in [3.8, 4) is 11.1 Å². The van der Waals surface area contributed by atoms with Crippen LogP contribution in [0.15, 0.2) is 60.8 Å². The first-order valence-electron chi connectivity index (χ1n) is 9.58. The third kappa shape index (κ3) is 4.07. The maximum atomic E-state index is 12.1. The van der Waals surface area contributed by atoms with Crippen LogP contribution >= 0.6 is 0 Å². The summed E-state index contributed by atoms with van der Waals surface area (Å²) >= 11 is 0. The standard InChI is InChI=1S/C22H20N4O4/c27-22(23-12-6-5-11-20-24-13-21(25-20)26(28)29)30-14-19-17-9-3-1-7-15(17)16-8-2-4-10-18(16)19/h1-5,7-11,13,19H,6,12,14H2,(H,23,27)(H,24,25). The Bertz CT molecular complexity index is 1060. The number of aromatic nitrogens is 2. The first kappa shape index (κ1) is 19.4. The maximum Gasteiger partial charge on any atom is 0.407 e. The van der Waals surface area contributed by atoms with Crippen LogP contribution in [-0.4, -0.2) is 34.1 Å². The molecule has 0 saturated heterocycles. The Morgan fingerprint density at radius 1 is 1.17 bits per heavy atom. The average Bonchev–Trinajstić information content (AvgIpc) is 3.35. The summed E-state index contributed by atoms with van der Waals surface area (Å²) in [6.45, 7) is 0.655. The van der Waals surface area contributed by atoms with Crippen LogP contribution in [0.5, 0.6) is 0 Å². The van der Waals surface area contributed by atoms with E-state index in [1.807, 2.05) is 24.3 Å². The summed E-state index contributed by atoms with van der Waals surface area (Å²) in [5.74, 6) is 0.257. The van der Waals surface area contributed by atoms with Gasteiger partial charge < -0.3 is 20.2 Å². The highest BCUT2D eigenvalue weighted by molar-refractivity contribution is 5.79. The van der Waals surface area contributed by atoms with Crippen molar-refractivity contribution in [2.75, 3.05) is 13.2 Å². The smallest absolute Gasteiger partial charge is 0.407 e. The fourth-order valence-electron chi connectivity index (χ4n) is 3.61. The minimum Gasteiger partial charge on any atom is -0.449 e. The van der Waals surface area contributed by atoms with Crippen LogP contribution in [0.3, 0.4) is 0 Å². The van der Waals surface area contributed by atoms with Crippen LogP contribution in [0.2, 0.25) is 0 Å². The second-order valence-electron chi connectivity index (χ2n) is 6.85. The van der Waals surface area contributed by atoms with Gasteiger partial charge in [-0.1, -0.05) is 54.6 Å². The summed E-state index contributed by atoms with van der Waals surface area (Å²) in [4.78, 5) is 28.6. The van der Waals surface area contributed by atoms with Gasteiger partial charge in [0, 0.05) is 18.5 Å². The topological polar surface area (TPSA) is 110 Å². The molecule has 152 valence electrons. The number of nitrogens with one attached hydrogen (secondary N) is 2. The van der Waals surface area contributed by atoms with Gasteiger partial charge in [0.2, 0.25) is 5.82 Å². The summed E-state index contributed by atoms with van der Waals surface area (Å²) < 4.78 is 5.47. The van der Waals surface area contributed by atoms with Crippen molar-refractivity contribution in [2.45, 2.75) is 12.3 Å². The SMILES string of the molecule is O=C(NCCC=Cc1ncc([N+](=O)[O-])[nH]1)OCC1c2ccccc2-c2ccccc21. The van der Waals surface area contributed by atoms with Gasteiger partial charge in [-0.25, -0.2) is 14.8 Å². The van der Waals surface area contributed by atoms with E-state index in [9.17, 15) is 14.9 Å². The maximum absolute atomic E-state index is 12.1. The molecule has 8 nitrogen and oxygen atoms in total. The van der Waals surface area contributed by atoms with Crippen molar-refractivity contribution in [2.24, 2.45) is 0 Å². The van der Waals surface area contributed by atoms with Gasteiger partial charge in [-0.15, -0.1) is 0 Å². The van der Waals surface area contributed by atoms with Gasteiger partial charge in [-0.3, -0.25) is 0 Å². The van der Waals surface area contributed by atoms with Crippen LogP contribution in [0, 0.1) is 10.1 Å². The van der Waals surface area contributed by atoms with E-state index in [0.29, 0.717) is 18.8 Å². The Balaban J connectivity index is 1.26. The largest absolute Gasteiger partial charge is 0.449 e. The third-order valence-electron chi connectivity index (χ3n) is 4.98. The normalized spacial score (nSPS) is 12.5. The van der Waals surface area contributed by atoms with E-state index in [-0.39, 0.29) is 18.3 Å². The predicted octanol–water partition coefficient (Wildman–Crippen LogP) is 4.26. The molecule has 0 fully saturated rings. The Morgan fingerprint density at radius 2 is 1.83 bits per heavy atom. The number of rotatable bonds is 7. The van der Waals surface area contributed by atoms with Gasteiger partial charge in [-0.05, 0) is 33.6 Å². The molecule has 2 aromatic carbocycles. The van der Waals surface area contributed by atoms with Gasteiger partial charge in [0.1, 0.15) is 12.8 Å². The number of aromatic amines is 1. The van der Waals surface area contributed by atoms with Crippen molar-refractivity contribution in [1.29, 1.82) is 0 Å². The molecular formula is C22H20N4O4. The van der Waals surface area contributed by atoms with E-state index in [1.165, 1.54) is 22.3 Å². The highest BCUT2D eigenvalue weighted by Crippen LogP contribution is 2.44. The number of H-pyrrole nitrogens is 1. The lowest BCUT2D eigenvalue weighted by Gasteiger charge is -2.14. The number of hydrogen-bond acceptors (Lipinski definition) is 5. The summed E-state index contributed by atoms with van der Waals surface area (Å²) in [6.07, 6.45) is 4.63. The molecule has 30 heavy (non-hydrogen) atoms. The summed E-state index contributed by atoms with van der Waals surface area (Å²) in [5.41, 5.74) is 4.71. The van der Waals surface area contributed by atoms with E-state index in [4.69, 9.17) is 4.74 Å². The molecule has 3 aromatic rings. The highest BCUT2D eigenvalue weighted by Gasteiger charge is 2.28. The van der Waals surface area contributed by atoms with E-state index < -0.39 is 11.0 Å². The quantitative estimate of drug-likeness (QED) is 0.347. The first-order valence-corrected chi connectivity index (χ1v) is 9.58. The number of carbonyl (C=O) groups excluding carboxylic acids is 1. The van der Waals surface area contributed by atoms with Crippen molar-refractivity contribution in [3.63, 3.8) is 0 Å². The lowest BCUT2D eigenvalue weighted by atomic mass is 9.98. The van der Waals surface area contributed by atoms with E-state index in [0.717, 1.165) is 6.20 Å². The predicted molar refractivity (Wildman–Crippen MR) is 112 cm³/mol. The number of hydrogen-bond donors (Lipinski definition) is 2. The van der Waals surface area contributed by atoms with Crippen molar-refractivity contribution >= 4 is 18.0 Å². The van der Waals surface area contributed by atoms with Crippen LogP contribution in [-0.2, 0) is 4.74 Å². The number of fused-ring (bicyclic) bond motifs is 3. The molecule has 1 amide bonds. The van der Waals surface area contributed by atoms with Crippen LogP contribution < -0.4 is 5.32 Å². The molecular weight excluding hydrogens is 384 g/mol. The lowest BCUT2D eigenvalue weighted by molar-refractivity contribution is -0.389. The molecule has 0 atom stereocenters. The summed E-state index contributed by atoms with van der Waals surface area (Å²) in [5, 5.41) is 13.3. The summed E-state index contributed by atoms with van der Waals surface area (Å²) in [6, 6.07) is 16.4.